The van der Waals surface area contributed by atoms with E-state index in [0.717, 1.165) is 53.0 Å². The Morgan fingerprint density at radius 1 is 1.08 bits per heavy atom. The molecule has 0 saturated carbocycles. The van der Waals surface area contributed by atoms with Crippen LogP contribution in [0.3, 0.4) is 0 Å². The predicted molar refractivity (Wildman–Crippen MR) is 150 cm³/mol. The molecule has 0 aromatic heterocycles. The Bertz CT molecular complexity index is 1250. The molecule has 0 aliphatic heterocycles. The van der Waals surface area contributed by atoms with Crippen LogP contribution in [-0.4, -0.2) is 36.9 Å². The second kappa shape index (κ2) is 12.9. The average Bonchev–Trinajstić information content (AvgIpc) is 2.86. The fraction of sp³-hybridized carbons (Fsp3) is 0.355. The number of benzene rings is 2. The normalized spacial score (nSPS) is 14.4. The number of allylic oxidation sites excluding steroid dienone is 4. The zero-order valence-corrected chi connectivity index (χ0v) is 22.5. The van der Waals surface area contributed by atoms with Crippen molar-refractivity contribution >= 4 is 23.3 Å². The smallest absolute Gasteiger partial charge is 0.150 e. The summed E-state index contributed by atoms with van der Waals surface area (Å²) in [5.74, 6) is 0.883. The highest BCUT2D eigenvalue weighted by Crippen LogP contribution is 2.41. The first-order valence-electron chi connectivity index (χ1n) is 12.9. The number of aldehydes is 1. The lowest BCUT2D eigenvalue weighted by molar-refractivity contribution is -0.117. The van der Waals surface area contributed by atoms with E-state index < -0.39 is 0 Å². The first-order valence-corrected chi connectivity index (χ1v) is 12.9. The van der Waals surface area contributed by atoms with E-state index >= 15 is 0 Å². The van der Waals surface area contributed by atoms with Gasteiger partial charge < -0.3 is 25.3 Å². The van der Waals surface area contributed by atoms with Gasteiger partial charge in [0.1, 0.15) is 17.3 Å². The first-order chi connectivity index (χ1) is 17.8. The molecule has 0 spiro atoms. The van der Waals surface area contributed by atoms with Crippen LogP contribution in [-0.2, 0) is 4.79 Å². The first kappa shape index (κ1) is 27.8. The number of phenolic OH excluding ortho intramolecular Hbond substituents is 1. The molecule has 196 valence electrons. The van der Waals surface area contributed by atoms with E-state index in [0.29, 0.717) is 48.3 Å². The second-order valence-electron chi connectivity index (χ2n) is 9.32. The number of hydrogen-bond acceptors (Lipinski definition) is 6. The van der Waals surface area contributed by atoms with Crippen molar-refractivity contribution in [3.63, 3.8) is 0 Å². The van der Waals surface area contributed by atoms with Crippen LogP contribution >= 0.6 is 0 Å². The van der Waals surface area contributed by atoms with E-state index in [2.05, 4.69) is 36.6 Å². The molecule has 3 N–H and O–H groups in total. The van der Waals surface area contributed by atoms with E-state index in [4.69, 9.17) is 4.74 Å². The van der Waals surface area contributed by atoms with E-state index in [-0.39, 0.29) is 11.5 Å². The van der Waals surface area contributed by atoms with Gasteiger partial charge in [-0.15, -0.1) is 0 Å². The number of aryl methyl sites for hydroxylation is 1. The summed E-state index contributed by atoms with van der Waals surface area (Å²) in [5, 5.41) is 17.9. The summed E-state index contributed by atoms with van der Waals surface area (Å²) in [5.41, 5.74) is 7.72. The third-order valence-electron chi connectivity index (χ3n) is 6.37. The van der Waals surface area contributed by atoms with Gasteiger partial charge in [-0.2, -0.15) is 0 Å². The van der Waals surface area contributed by atoms with E-state index in [1.165, 1.54) is 0 Å². The number of carbonyl (C=O) groups excluding carboxylic acids is 2. The number of rotatable bonds is 12. The lowest BCUT2D eigenvalue weighted by atomic mass is 9.85. The zero-order chi connectivity index (χ0) is 26.9. The quantitative estimate of drug-likeness (QED) is 0.232. The van der Waals surface area contributed by atoms with Crippen LogP contribution in [0.2, 0.25) is 0 Å². The third-order valence-corrected chi connectivity index (χ3v) is 6.37. The Balaban J connectivity index is 2.18. The Kier molecular flexibility index (Phi) is 9.72. The molecule has 0 unspecified atom stereocenters. The number of carbonyl (C=O) groups is 2. The van der Waals surface area contributed by atoms with Crippen LogP contribution < -0.4 is 15.4 Å². The molecule has 37 heavy (non-hydrogen) atoms. The highest BCUT2D eigenvalue weighted by atomic mass is 16.5. The maximum absolute atomic E-state index is 12.2. The Morgan fingerprint density at radius 2 is 1.84 bits per heavy atom. The molecule has 1 aliphatic carbocycles. The van der Waals surface area contributed by atoms with Gasteiger partial charge in [0.15, 0.2) is 6.29 Å². The second-order valence-corrected chi connectivity index (χ2v) is 9.32. The number of ketones is 1. The van der Waals surface area contributed by atoms with Gasteiger partial charge in [-0.05, 0) is 99.6 Å². The SMILES string of the molecule is CCNC1=CC/C(=C(\c2cc(C)c(NCC)cc2O)c2cc(OCCCC(C)=O)ccc2C=O)C=C1C. The van der Waals surface area contributed by atoms with Crippen molar-refractivity contribution in [1.82, 2.24) is 5.32 Å². The van der Waals surface area contributed by atoms with Crippen LogP contribution in [0.25, 0.3) is 5.57 Å². The van der Waals surface area contributed by atoms with Crippen LogP contribution in [0, 0.1) is 6.92 Å². The Labute approximate surface area is 220 Å². The van der Waals surface area contributed by atoms with Gasteiger partial charge in [-0.25, -0.2) is 0 Å². The van der Waals surface area contributed by atoms with Gasteiger partial charge in [-0.3, -0.25) is 4.79 Å². The minimum absolute atomic E-state index is 0.129. The van der Waals surface area contributed by atoms with E-state index in [1.807, 2.05) is 26.0 Å². The molecule has 0 heterocycles. The maximum Gasteiger partial charge on any atom is 0.150 e. The number of aromatic hydroxyl groups is 1. The molecule has 0 amide bonds. The topological polar surface area (TPSA) is 87.7 Å². The summed E-state index contributed by atoms with van der Waals surface area (Å²) < 4.78 is 5.94. The molecule has 0 fully saturated rings. The van der Waals surface area contributed by atoms with Crippen LogP contribution in [0.15, 0.2) is 59.3 Å². The van der Waals surface area contributed by atoms with Crippen molar-refractivity contribution in [3.05, 3.63) is 81.6 Å². The van der Waals surface area contributed by atoms with Gasteiger partial charge in [0, 0.05) is 48.1 Å². The molecule has 1 aliphatic rings. The number of anilines is 1. The Hall–Kier alpha value is -3.80. The largest absolute Gasteiger partial charge is 0.507 e. The zero-order valence-electron chi connectivity index (χ0n) is 22.5. The van der Waals surface area contributed by atoms with Crippen molar-refractivity contribution in [2.24, 2.45) is 0 Å². The molecule has 0 saturated heterocycles. The molecule has 2 aromatic carbocycles. The van der Waals surface area contributed by atoms with Crippen molar-refractivity contribution in [2.45, 2.75) is 53.9 Å². The van der Waals surface area contributed by atoms with E-state index in [9.17, 15) is 14.7 Å². The van der Waals surface area contributed by atoms with Crippen molar-refractivity contribution < 1.29 is 19.4 Å². The summed E-state index contributed by atoms with van der Waals surface area (Å²) in [6, 6.07) is 9.10. The van der Waals surface area contributed by atoms with Crippen molar-refractivity contribution in [1.29, 1.82) is 0 Å². The number of Topliss-reactive ketones (excluding diaryl/α,β-unsaturated/α-hetero) is 1. The standard InChI is InChI=1S/C31H38N2O4/c1-6-32-28-13-11-23(15-20(28)3)31(27-16-21(4)29(33-7-2)18-30(27)36)26-17-25(12-10-24(26)19-34)37-14-8-9-22(5)35/h10,12-13,15-19,32-33,36H,6-9,11,14H2,1-5H3/b31-23+. The fourth-order valence-electron chi connectivity index (χ4n) is 4.57. The number of nitrogens with one attached hydrogen (secondary N) is 2. The Morgan fingerprint density at radius 3 is 2.49 bits per heavy atom. The lowest BCUT2D eigenvalue weighted by Gasteiger charge is -2.22. The molecular weight excluding hydrogens is 464 g/mol. The highest BCUT2D eigenvalue weighted by molar-refractivity contribution is 5.95. The van der Waals surface area contributed by atoms with Crippen molar-refractivity contribution in [2.75, 3.05) is 25.0 Å². The predicted octanol–water partition coefficient (Wildman–Crippen LogP) is 6.34. The van der Waals surface area contributed by atoms with Gasteiger partial charge in [-0.1, -0.05) is 12.2 Å². The van der Waals surface area contributed by atoms with Gasteiger partial charge in [0.2, 0.25) is 0 Å². The molecule has 3 rings (SSSR count). The minimum Gasteiger partial charge on any atom is -0.507 e. The summed E-state index contributed by atoms with van der Waals surface area (Å²) in [4.78, 5) is 23.5. The molecule has 2 aromatic rings. The number of likely N-dealkylation sites (N-methyl/N-ethyl adjacent to an activating group) is 1. The van der Waals surface area contributed by atoms with Gasteiger partial charge in [0.25, 0.3) is 0 Å². The van der Waals surface area contributed by atoms with Crippen LogP contribution in [0.5, 0.6) is 11.5 Å². The molecule has 6 heteroatoms. The summed E-state index contributed by atoms with van der Waals surface area (Å²) in [7, 11) is 0. The molecular formula is C31H38N2O4. The fourth-order valence-corrected chi connectivity index (χ4v) is 4.57. The van der Waals surface area contributed by atoms with Crippen molar-refractivity contribution in [3.8, 4) is 11.5 Å². The molecule has 0 atom stereocenters. The molecule has 0 bridgehead atoms. The maximum atomic E-state index is 12.2. The monoisotopic (exact) mass is 502 g/mol. The number of ether oxygens (including phenoxy) is 1. The summed E-state index contributed by atoms with van der Waals surface area (Å²) in [6.45, 7) is 11.7. The van der Waals surface area contributed by atoms with Crippen LogP contribution in [0.1, 0.15) is 74.0 Å². The van der Waals surface area contributed by atoms with Crippen LogP contribution in [0.4, 0.5) is 5.69 Å². The average molecular weight is 503 g/mol. The third kappa shape index (κ3) is 6.91. The lowest BCUT2D eigenvalue weighted by Crippen LogP contribution is -2.15. The molecule has 6 nitrogen and oxygen atoms in total. The molecule has 0 radical (unpaired) electrons. The highest BCUT2D eigenvalue weighted by Gasteiger charge is 2.21. The van der Waals surface area contributed by atoms with E-state index in [1.54, 1.807) is 25.1 Å². The van der Waals surface area contributed by atoms with Gasteiger partial charge >= 0.3 is 0 Å². The summed E-state index contributed by atoms with van der Waals surface area (Å²) >= 11 is 0. The minimum atomic E-state index is 0.129. The number of hydrogen-bond donors (Lipinski definition) is 3. The number of phenols is 1. The summed E-state index contributed by atoms with van der Waals surface area (Å²) in [6.07, 6.45) is 6.84. The van der Waals surface area contributed by atoms with Gasteiger partial charge in [0.05, 0.1) is 6.61 Å².